The van der Waals surface area contributed by atoms with Crippen LogP contribution < -0.4 is 4.90 Å². The second kappa shape index (κ2) is 7.06. The smallest absolute Gasteiger partial charge is 0.343 e. The van der Waals surface area contributed by atoms with Gasteiger partial charge < -0.3 is 14.7 Å². The molecule has 0 saturated heterocycles. The van der Waals surface area contributed by atoms with Crippen molar-refractivity contribution in [1.29, 1.82) is 0 Å². The van der Waals surface area contributed by atoms with E-state index in [1.165, 1.54) is 19.2 Å². The minimum Gasteiger partial charge on any atom is -0.508 e. The standard InChI is InChI=1S/C20H16ClNO4/c1-12-18(20(25)26-2)19(24)17(11-13-3-9-16(23)10-4-13)22(12)15-7-5-14(21)6-8-15/h3-11,23H,1-2H3/b17-11-. The van der Waals surface area contributed by atoms with Crippen LogP contribution in [0.3, 0.4) is 0 Å². The van der Waals surface area contributed by atoms with Crippen LogP contribution in [0.25, 0.3) is 6.08 Å². The van der Waals surface area contributed by atoms with Crippen molar-refractivity contribution in [3.63, 3.8) is 0 Å². The predicted octanol–water partition coefficient (Wildman–Crippen LogP) is 3.92. The van der Waals surface area contributed by atoms with Gasteiger partial charge in [-0.25, -0.2) is 4.79 Å². The molecule has 0 bridgehead atoms. The third-order valence-corrected chi connectivity index (χ3v) is 4.32. The Balaban J connectivity index is 2.14. The van der Waals surface area contributed by atoms with Crippen LogP contribution in [0.15, 0.2) is 65.5 Å². The molecule has 26 heavy (non-hydrogen) atoms. The number of esters is 1. The molecule has 2 aromatic carbocycles. The number of hydrogen-bond donors (Lipinski definition) is 1. The molecule has 0 saturated carbocycles. The van der Waals surface area contributed by atoms with Crippen molar-refractivity contribution in [2.24, 2.45) is 0 Å². The van der Waals surface area contributed by atoms with Crippen molar-refractivity contribution >= 4 is 35.1 Å². The van der Waals surface area contributed by atoms with Crippen LogP contribution >= 0.6 is 11.6 Å². The molecule has 0 atom stereocenters. The van der Waals surface area contributed by atoms with Gasteiger partial charge in [-0.3, -0.25) is 4.79 Å². The molecule has 5 nitrogen and oxygen atoms in total. The van der Waals surface area contributed by atoms with Gasteiger partial charge in [0.15, 0.2) is 0 Å². The summed E-state index contributed by atoms with van der Waals surface area (Å²) >= 11 is 5.96. The Morgan fingerprint density at radius 1 is 1.12 bits per heavy atom. The molecule has 6 heteroatoms. The Labute approximate surface area is 155 Å². The molecule has 1 N–H and O–H groups in total. The highest BCUT2D eigenvalue weighted by atomic mass is 35.5. The summed E-state index contributed by atoms with van der Waals surface area (Å²) in [6, 6.07) is 13.4. The summed E-state index contributed by atoms with van der Waals surface area (Å²) in [7, 11) is 1.24. The molecule has 0 unspecified atom stereocenters. The van der Waals surface area contributed by atoms with Crippen molar-refractivity contribution in [1.82, 2.24) is 0 Å². The molecule has 1 aliphatic rings. The number of Topliss-reactive ketones (excluding diaryl/α,β-unsaturated/α-hetero) is 1. The molecule has 0 aromatic heterocycles. The van der Waals surface area contributed by atoms with Gasteiger partial charge in [-0.2, -0.15) is 0 Å². The highest BCUT2D eigenvalue weighted by molar-refractivity contribution is 6.31. The van der Waals surface area contributed by atoms with E-state index in [-0.39, 0.29) is 11.3 Å². The first-order valence-electron chi connectivity index (χ1n) is 7.82. The van der Waals surface area contributed by atoms with Gasteiger partial charge >= 0.3 is 5.97 Å². The first-order chi connectivity index (χ1) is 12.4. The number of rotatable bonds is 3. The summed E-state index contributed by atoms with van der Waals surface area (Å²) in [6.07, 6.45) is 1.66. The number of allylic oxidation sites excluding steroid dienone is 2. The van der Waals surface area contributed by atoms with Crippen LogP contribution in [-0.4, -0.2) is 24.0 Å². The van der Waals surface area contributed by atoms with Crippen LogP contribution in [0, 0.1) is 0 Å². The van der Waals surface area contributed by atoms with Crippen molar-refractivity contribution in [3.05, 3.63) is 76.1 Å². The number of hydrogen-bond acceptors (Lipinski definition) is 5. The van der Waals surface area contributed by atoms with E-state index >= 15 is 0 Å². The van der Waals surface area contributed by atoms with E-state index in [4.69, 9.17) is 16.3 Å². The Hall–Kier alpha value is -3.05. The molecule has 0 amide bonds. The Kier molecular flexibility index (Phi) is 4.82. The number of nitrogens with zero attached hydrogens (tertiary/aromatic N) is 1. The number of ketones is 1. The summed E-state index contributed by atoms with van der Waals surface area (Å²) in [5.74, 6) is -0.970. The number of ether oxygens (including phenoxy) is 1. The molecular formula is C20H16ClNO4. The van der Waals surface area contributed by atoms with Gasteiger partial charge in [0.2, 0.25) is 5.78 Å². The first kappa shape index (κ1) is 17.8. The lowest BCUT2D eigenvalue weighted by molar-refractivity contribution is -0.137. The summed E-state index contributed by atoms with van der Waals surface area (Å²) in [5, 5.41) is 10.0. The van der Waals surface area contributed by atoms with E-state index in [1.54, 1.807) is 54.3 Å². The quantitative estimate of drug-likeness (QED) is 0.504. The van der Waals surface area contributed by atoms with Gasteiger partial charge in [0, 0.05) is 16.4 Å². The van der Waals surface area contributed by atoms with Crippen LogP contribution in [-0.2, 0) is 14.3 Å². The summed E-state index contributed by atoms with van der Waals surface area (Å²) < 4.78 is 4.77. The fraction of sp³-hybridized carbons (Fsp3) is 0.100. The highest BCUT2D eigenvalue weighted by Crippen LogP contribution is 2.36. The average Bonchev–Trinajstić information content (AvgIpc) is 2.87. The monoisotopic (exact) mass is 369 g/mol. The summed E-state index contributed by atoms with van der Waals surface area (Å²) in [4.78, 5) is 26.7. The number of anilines is 1. The van der Waals surface area contributed by atoms with Gasteiger partial charge in [-0.05, 0) is 55.0 Å². The summed E-state index contributed by atoms with van der Waals surface area (Å²) in [6.45, 7) is 1.69. The van der Waals surface area contributed by atoms with Crippen LogP contribution in [0.4, 0.5) is 5.69 Å². The lowest BCUT2D eigenvalue weighted by Gasteiger charge is -2.21. The van der Waals surface area contributed by atoms with E-state index in [0.29, 0.717) is 27.7 Å². The molecule has 1 heterocycles. The number of aromatic hydroxyl groups is 1. The largest absolute Gasteiger partial charge is 0.508 e. The van der Waals surface area contributed by atoms with E-state index in [0.717, 1.165) is 0 Å². The zero-order valence-corrected chi connectivity index (χ0v) is 14.9. The fourth-order valence-electron chi connectivity index (χ4n) is 2.81. The Morgan fingerprint density at radius 3 is 2.31 bits per heavy atom. The third kappa shape index (κ3) is 3.21. The maximum atomic E-state index is 12.9. The average molecular weight is 370 g/mol. The Bertz CT molecular complexity index is 927. The van der Waals surface area contributed by atoms with Gasteiger partial charge in [0.25, 0.3) is 0 Å². The maximum absolute atomic E-state index is 12.9. The molecular weight excluding hydrogens is 354 g/mol. The molecule has 0 aliphatic carbocycles. The number of carbonyl (C=O) groups excluding carboxylic acids is 2. The van der Waals surface area contributed by atoms with Crippen molar-refractivity contribution < 1.29 is 19.4 Å². The topological polar surface area (TPSA) is 66.8 Å². The highest BCUT2D eigenvalue weighted by Gasteiger charge is 2.38. The first-order valence-corrected chi connectivity index (χ1v) is 8.20. The zero-order chi connectivity index (χ0) is 18.8. The predicted molar refractivity (Wildman–Crippen MR) is 99.7 cm³/mol. The normalized spacial score (nSPS) is 15.7. The second-order valence-corrected chi connectivity index (χ2v) is 6.15. The lowest BCUT2D eigenvalue weighted by Crippen LogP contribution is -2.18. The second-order valence-electron chi connectivity index (χ2n) is 5.71. The molecule has 0 fully saturated rings. The van der Waals surface area contributed by atoms with Crippen molar-refractivity contribution in [2.45, 2.75) is 6.92 Å². The van der Waals surface area contributed by atoms with Crippen molar-refractivity contribution in [3.8, 4) is 5.75 Å². The van der Waals surface area contributed by atoms with E-state index < -0.39 is 11.8 Å². The number of carbonyl (C=O) groups is 2. The molecule has 0 radical (unpaired) electrons. The van der Waals surface area contributed by atoms with Gasteiger partial charge in [-0.15, -0.1) is 0 Å². The lowest BCUT2D eigenvalue weighted by atomic mass is 10.1. The maximum Gasteiger partial charge on any atom is 0.343 e. The number of phenols is 1. The number of methoxy groups -OCH3 is 1. The third-order valence-electron chi connectivity index (χ3n) is 4.07. The molecule has 132 valence electrons. The van der Waals surface area contributed by atoms with Crippen LogP contribution in [0.1, 0.15) is 12.5 Å². The number of halogens is 1. The minimum absolute atomic E-state index is 0.00696. The number of phenolic OH excluding ortho intramolecular Hbond substituents is 1. The SMILES string of the molecule is COC(=O)C1=C(C)N(c2ccc(Cl)cc2)/C(=C\c2ccc(O)cc2)C1=O. The van der Waals surface area contributed by atoms with Crippen molar-refractivity contribution in [2.75, 3.05) is 12.0 Å². The summed E-state index contributed by atoms with van der Waals surface area (Å²) in [5.41, 5.74) is 2.20. The van der Waals surface area contributed by atoms with E-state index in [9.17, 15) is 14.7 Å². The Morgan fingerprint density at radius 2 is 1.73 bits per heavy atom. The van der Waals surface area contributed by atoms with Crippen LogP contribution in [0.2, 0.25) is 5.02 Å². The van der Waals surface area contributed by atoms with Crippen LogP contribution in [0.5, 0.6) is 5.75 Å². The number of benzene rings is 2. The van der Waals surface area contributed by atoms with E-state index in [1.807, 2.05) is 0 Å². The van der Waals surface area contributed by atoms with Gasteiger partial charge in [0.1, 0.15) is 11.3 Å². The minimum atomic E-state index is -0.680. The molecule has 2 aromatic rings. The zero-order valence-electron chi connectivity index (χ0n) is 14.2. The fourth-order valence-corrected chi connectivity index (χ4v) is 2.94. The molecule has 1 aliphatic heterocycles. The van der Waals surface area contributed by atoms with Gasteiger partial charge in [-0.1, -0.05) is 23.7 Å². The van der Waals surface area contributed by atoms with Gasteiger partial charge in [0.05, 0.1) is 12.8 Å². The molecule has 0 spiro atoms. The van der Waals surface area contributed by atoms with E-state index in [2.05, 4.69) is 0 Å². The molecule has 3 rings (SSSR count).